The van der Waals surface area contributed by atoms with Crippen molar-refractivity contribution in [3.8, 4) is 0 Å². The Morgan fingerprint density at radius 3 is 3.10 bits per heavy atom. The molecule has 1 heterocycles. The van der Waals surface area contributed by atoms with Crippen molar-refractivity contribution in [3.63, 3.8) is 0 Å². The van der Waals surface area contributed by atoms with Gasteiger partial charge in [0.1, 0.15) is 0 Å². The third kappa shape index (κ3) is 2.12. The third-order valence-corrected chi connectivity index (χ3v) is 0.797. The molecular weight excluding hydrogens is 163 g/mol. The molecule has 0 aromatic heterocycles. The van der Waals surface area contributed by atoms with Crippen molar-refractivity contribution in [3.05, 3.63) is 12.0 Å². The second-order valence-electron chi connectivity index (χ2n) is 1.36. The van der Waals surface area contributed by atoms with E-state index in [1.165, 1.54) is 0 Å². The molecule has 5 nitrogen and oxygen atoms in total. The van der Waals surface area contributed by atoms with E-state index in [1.807, 2.05) is 0 Å². The maximum atomic E-state index is 9.98. The minimum atomic E-state index is -0.906. The molecule has 0 aromatic carbocycles. The van der Waals surface area contributed by atoms with Gasteiger partial charge in [0.05, 0.1) is 0 Å². The lowest BCUT2D eigenvalue weighted by Crippen LogP contribution is -1.99. The summed E-state index contributed by atoms with van der Waals surface area (Å²) in [7, 11) is 0. The van der Waals surface area contributed by atoms with Crippen molar-refractivity contribution in [1.29, 1.82) is 0 Å². The predicted molar refractivity (Wildman–Crippen MR) is 28.5 cm³/mol. The van der Waals surface area contributed by atoms with Crippen LogP contribution >= 0.6 is 11.6 Å². The first-order valence-electron chi connectivity index (χ1n) is 2.30. The van der Waals surface area contributed by atoms with E-state index in [1.54, 1.807) is 0 Å². The Balaban J connectivity index is 2.19. The summed E-state index contributed by atoms with van der Waals surface area (Å²) in [5.74, 6) is 0.244. The highest BCUT2D eigenvalue weighted by Crippen LogP contribution is 2.08. The number of carbonyl (C=O) groups is 1. The number of ether oxygens (including phenoxy) is 1. The van der Waals surface area contributed by atoms with Gasteiger partial charge in [0.2, 0.25) is 5.76 Å². The van der Waals surface area contributed by atoms with Gasteiger partial charge in [-0.1, -0.05) is 0 Å². The summed E-state index contributed by atoms with van der Waals surface area (Å²) in [5, 5.41) is 3.96. The fourth-order valence-electron chi connectivity index (χ4n) is 0.342. The van der Waals surface area contributed by atoms with Crippen LogP contribution in [0.15, 0.2) is 12.0 Å². The molecule has 0 unspecified atom stereocenters. The maximum absolute atomic E-state index is 9.98. The van der Waals surface area contributed by atoms with Crippen LogP contribution in [0.4, 0.5) is 4.79 Å². The fourth-order valence-corrected chi connectivity index (χ4v) is 0.397. The van der Waals surface area contributed by atoms with E-state index in [-0.39, 0.29) is 12.4 Å². The molecular formula is C4H3ClO5. The number of rotatable bonds is 2. The molecule has 1 rings (SSSR count). The zero-order valence-electron chi connectivity index (χ0n) is 4.70. The van der Waals surface area contributed by atoms with Crippen molar-refractivity contribution in [2.75, 3.05) is 6.61 Å². The first-order valence-corrected chi connectivity index (χ1v) is 2.68. The summed E-state index contributed by atoms with van der Waals surface area (Å²) in [5.41, 5.74) is -0.906. The van der Waals surface area contributed by atoms with Gasteiger partial charge in [-0.2, -0.15) is 0 Å². The molecule has 6 heteroatoms. The third-order valence-electron chi connectivity index (χ3n) is 0.688. The number of halogens is 1. The molecule has 0 spiro atoms. The molecule has 0 radical (unpaired) electrons. The van der Waals surface area contributed by atoms with Gasteiger partial charge in [-0.15, -0.1) is 0 Å². The predicted octanol–water partition coefficient (Wildman–Crippen LogP) is 1.10. The second kappa shape index (κ2) is 3.28. The number of hydrogen-bond donors (Lipinski definition) is 0. The molecule has 0 aromatic rings. The summed E-state index contributed by atoms with van der Waals surface area (Å²) < 4.78 is 4.30. The second-order valence-corrected chi connectivity index (χ2v) is 1.67. The van der Waals surface area contributed by atoms with Crippen LogP contribution in [0.25, 0.3) is 0 Å². The van der Waals surface area contributed by atoms with Gasteiger partial charge in [-0.3, -0.25) is 4.89 Å². The van der Waals surface area contributed by atoms with Gasteiger partial charge in [-0.25, -0.2) is 4.79 Å². The monoisotopic (exact) mass is 166 g/mol. The smallest absolute Gasteiger partial charge is 0.404 e. The SMILES string of the molecule is O=C(Cl)OCC1=COOO1. The topological polar surface area (TPSA) is 54.0 Å². The molecule has 0 saturated heterocycles. The van der Waals surface area contributed by atoms with Gasteiger partial charge in [0.15, 0.2) is 12.9 Å². The standard InChI is InChI=1S/C4H3ClO5/c5-4(6)7-1-3-2-8-10-9-3/h2H,1H2. The largest absolute Gasteiger partial charge is 0.445 e. The summed E-state index contributed by atoms with van der Waals surface area (Å²) in [6.45, 7) is -0.0949. The number of carbonyl (C=O) groups excluding carboxylic acids is 1. The summed E-state index contributed by atoms with van der Waals surface area (Å²) in [4.78, 5) is 18.5. The van der Waals surface area contributed by atoms with Gasteiger partial charge in [0, 0.05) is 16.6 Å². The zero-order valence-corrected chi connectivity index (χ0v) is 5.46. The molecule has 1 aliphatic rings. The molecule has 0 aliphatic carbocycles. The van der Waals surface area contributed by atoms with Crippen molar-refractivity contribution >= 4 is 17.0 Å². The Bertz CT molecular complexity index is 165. The van der Waals surface area contributed by atoms with Gasteiger partial charge < -0.3 is 9.62 Å². The minimum absolute atomic E-state index is 0.0949. The van der Waals surface area contributed by atoms with Crippen molar-refractivity contribution < 1.29 is 24.3 Å². The van der Waals surface area contributed by atoms with Crippen LogP contribution in [0.5, 0.6) is 0 Å². The van der Waals surface area contributed by atoms with Crippen LogP contribution in [0.1, 0.15) is 0 Å². The first kappa shape index (κ1) is 7.17. The quantitative estimate of drug-likeness (QED) is 0.454. The molecule has 0 amide bonds. The molecule has 0 saturated carbocycles. The van der Waals surface area contributed by atoms with Crippen molar-refractivity contribution in [2.24, 2.45) is 0 Å². The lowest BCUT2D eigenvalue weighted by Gasteiger charge is -1.95. The van der Waals surface area contributed by atoms with Crippen LogP contribution in [0.2, 0.25) is 0 Å². The Labute approximate surface area is 60.9 Å². The Kier molecular flexibility index (Phi) is 2.35. The molecule has 56 valence electrons. The zero-order chi connectivity index (χ0) is 7.40. The highest BCUT2D eigenvalue weighted by Gasteiger charge is 2.10. The van der Waals surface area contributed by atoms with E-state index in [2.05, 4.69) is 19.6 Å². The lowest BCUT2D eigenvalue weighted by molar-refractivity contribution is -0.446. The first-order chi connectivity index (χ1) is 4.79. The fraction of sp³-hybridized carbons (Fsp3) is 0.250. The highest BCUT2D eigenvalue weighted by molar-refractivity contribution is 6.61. The van der Waals surface area contributed by atoms with Crippen LogP contribution < -0.4 is 0 Å². The van der Waals surface area contributed by atoms with Gasteiger partial charge in [0.25, 0.3) is 0 Å². The van der Waals surface area contributed by atoms with Crippen LogP contribution in [-0.4, -0.2) is 12.0 Å². The van der Waals surface area contributed by atoms with Crippen molar-refractivity contribution in [2.45, 2.75) is 0 Å². The number of hydrogen-bond acceptors (Lipinski definition) is 5. The van der Waals surface area contributed by atoms with E-state index in [0.29, 0.717) is 0 Å². The van der Waals surface area contributed by atoms with E-state index < -0.39 is 5.43 Å². The van der Waals surface area contributed by atoms with Crippen molar-refractivity contribution in [1.82, 2.24) is 0 Å². The maximum Gasteiger partial charge on any atom is 0.404 e. The molecule has 1 aliphatic heterocycles. The molecule has 0 bridgehead atoms. The highest BCUT2D eigenvalue weighted by atomic mass is 35.5. The molecule has 0 atom stereocenters. The van der Waals surface area contributed by atoms with Gasteiger partial charge in [-0.05, 0) is 0 Å². The Morgan fingerprint density at radius 2 is 2.60 bits per heavy atom. The molecule has 0 fully saturated rings. The van der Waals surface area contributed by atoms with E-state index >= 15 is 0 Å². The average Bonchev–Trinajstić information content (AvgIpc) is 2.34. The van der Waals surface area contributed by atoms with Crippen LogP contribution in [0, 0.1) is 0 Å². The lowest BCUT2D eigenvalue weighted by atomic mass is 10.6. The Hall–Kier alpha value is -0.940. The summed E-state index contributed by atoms with van der Waals surface area (Å²) >= 11 is 4.83. The van der Waals surface area contributed by atoms with Crippen LogP contribution in [-0.2, 0) is 19.6 Å². The van der Waals surface area contributed by atoms with E-state index in [4.69, 9.17) is 11.6 Å². The molecule has 0 N–H and O–H groups in total. The molecule has 10 heavy (non-hydrogen) atoms. The van der Waals surface area contributed by atoms with E-state index in [9.17, 15) is 4.79 Å². The van der Waals surface area contributed by atoms with E-state index in [0.717, 1.165) is 6.26 Å². The normalized spacial score (nSPS) is 15.1. The van der Waals surface area contributed by atoms with Crippen LogP contribution in [0.3, 0.4) is 0 Å². The van der Waals surface area contributed by atoms with Gasteiger partial charge >= 0.3 is 5.43 Å². The average molecular weight is 167 g/mol. The summed E-state index contributed by atoms with van der Waals surface area (Å²) in [6, 6.07) is 0. The summed E-state index contributed by atoms with van der Waals surface area (Å²) in [6.07, 6.45) is 1.15. The Morgan fingerprint density at radius 1 is 1.80 bits per heavy atom. The minimum Gasteiger partial charge on any atom is -0.445 e.